The minimum absolute atomic E-state index is 0.0670. The van der Waals surface area contributed by atoms with Gasteiger partial charge in [0.25, 0.3) is 0 Å². The fraction of sp³-hybridized carbons (Fsp3) is 0.909. The van der Waals surface area contributed by atoms with Crippen LogP contribution in [-0.2, 0) is 9.47 Å². The van der Waals surface area contributed by atoms with Crippen LogP contribution in [0.15, 0.2) is 6.33 Å². The van der Waals surface area contributed by atoms with Gasteiger partial charge in [0.1, 0.15) is 6.33 Å². The molecule has 158 valence electrons. The molecule has 1 saturated carbocycles. The summed E-state index contributed by atoms with van der Waals surface area (Å²) in [5, 5.41) is 8.49. The molecule has 3 heterocycles. The van der Waals surface area contributed by atoms with E-state index in [0.29, 0.717) is 18.1 Å². The lowest BCUT2D eigenvalue weighted by molar-refractivity contribution is -0.0400. The Balaban J connectivity index is 1.31. The summed E-state index contributed by atoms with van der Waals surface area (Å²) in [6, 6.07) is 0.319. The van der Waals surface area contributed by atoms with E-state index in [-0.39, 0.29) is 6.23 Å². The molecule has 3 aliphatic rings. The van der Waals surface area contributed by atoms with Gasteiger partial charge >= 0.3 is 0 Å². The number of piperidine rings is 1. The van der Waals surface area contributed by atoms with Crippen molar-refractivity contribution in [2.75, 3.05) is 19.8 Å². The van der Waals surface area contributed by atoms with Crippen molar-refractivity contribution in [3.63, 3.8) is 0 Å². The van der Waals surface area contributed by atoms with E-state index < -0.39 is 0 Å². The maximum atomic E-state index is 6.38. The molecule has 1 N–H and O–H groups in total. The molecule has 3 atom stereocenters. The van der Waals surface area contributed by atoms with Crippen LogP contribution in [0, 0.1) is 11.8 Å². The first-order valence-electron chi connectivity index (χ1n) is 11.6. The minimum Gasteiger partial charge on any atom is -0.377 e. The Hall–Kier alpha value is -0.980. The van der Waals surface area contributed by atoms with Crippen LogP contribution < -0.4 is 5.32 Å². The van der Waals surface area contributed by atoms with Crippen LogP contribution in [0.25, 0.3) is 0 Å². The van der Waals surface area contributed by atoms with Crippen LogP contribution in [0.1, 0.15) is 89.6 Å². The van der Waals surface area contributed by atoms with Crippen LogP contribution in [-0.4, -0.2) is 46.7 Å². The first kappa shape index (κ1) is 20.3. The molecule has 2 saturated heterocycles. The molecule has 6 heteroatoms. The van der Waals surface area contributed by atoms with Gasteiger partial charge in [-0.3, -0.25) is 0 Å². The summed E-state index contributed by atoms with van der Waals surface area (Å²) in [5.41, 5.74) is 0. The fourth-order valence-corrected chi connectivity index (χ4v) is 5.13. The van der Waals surface area contributed by atoms with Gasteiger partial charge in [0.2, 0.25) is 0 Å². The molecule has 1 aliphatic carbocycles. The minimum atomic E-state index is 0.0670. The summed E-state index contributed by atoms with van der Waals surface area (Å²) in [6.07, 6.45) is 13.1. The SMILES string of the molecule is CC(C)C1CCC(OCC2NCCCC2c2ncn(C3CCCCO3)n2)CC1. The Bertz CT molecular complexity index is 591. The zero-order valence-electron chi connectivity index (χ0n) is 17.7. The summed E-state index contributed by atoms with van der Waals surface area (Å²) >= 11 is 0. The predicted octanol–water partition coefficient (Wildman–Crippen LogP) is 4.04. The number of aromatic nitrogens is 3. The van der Waals surface area contributed by atoms with Gasteiger partial charge in [-0.05, 0) is 76.2 Å². The third kappa shape index (κ3) is 4.95. The van der Waals surface area contributed by atoms with Crippen molar-refractivity contribution < 1.29 is 9.47 Å². The topological polar surface area (TPSA) is 61.2 Å². The number of hydrogen-bond acceptors (Lipinski definition) is 5. The Morgan fingerprint density at radius 3 is 2.75 bits per heavy atom. The van der Waals surface area contributed by atoms with Gasteiger partial charge in [0.15, 0.2) is 12.1 Å². The highest BCUT2D eigenvalue weighted by Gasteiger charge is 2.32. The Morgan fingerprint density at radius 2 is 2.00 bits per heavy atom. The molecule has 2 aliphatic heterocycles. The second-order valence-corrected chi connectivity index (χ2v) is 9.33. The molecule has 0 radical (unpaired) electrons. The van der Waals surface area contributed by atoms with Crippen molar-refractivity contribution in [2.24, 2.45) is 11.8 Å². The number of nitrogens with zero attached hydrogens (tertiary/aromatic N) is 3. The van der Waals surface area contributed by atoms with Crippen molar-refractivity contribution in [1.82, 2.24) is 20.1 Å². The lowest BCUT2D eigenvalue weighted by Gasteiger charge is -2.34. The molecule has 3 unspecified atom stereocenters. The monoisotopic (exact) mass is 390 g/mol. The summed E-state index contributed by atoms with van der Waals surface area (Å²) in [4.78, 5) is 4.67. The average molecular weight is 391 g/mol. The van der Waals surface area contributed by atoms with E-state index in [4.69, 9.17) is 14.6 Å². The standard InChI is InChI=1S/C22H38N4O2/c1-16(2)17-8-10-18(11-9-17)28-14-20-19(6-5-12-23-20)22-24-15-26(25-22)21-7-3-4-13-27-21/h15-21,23H,3-14H2,1-2H3. The van der Waals surface area contributed by atoms with Gasteiger partial charge in [0, 0.05) is 18.6 Å². The van der Waals surface area contributed by atoms with Gasteiger partial charge in [-0.2, -0.15) is 5.10 Å². The van der Waals surface area contributed by atoms with E-state index in [1.165, 1.54) is 38.5 Å². The normalized spacial score (nSPS) is 34.6. The molecule has 6 nitrogen and oxygen atoms in total. The van der Waals surface area contributed by atoms with Crippen LogP contribution in [0.2, 0.25) is 0 Å². The van der Waals surface area contributed by atoms with E-state index in [0.717, 1.165) is 56.7 Å². The van der Waals surface area contributed by atoms with Crippen molar-refractivity contribution in [1.29, 1.82) is 0 Å². The van der Waals surface area contributed by atoms with Gasteiger partial charge in [-0.15, -0.1) is 0 Å². The molecule has 0 amide bonds. The van der Waals surface area contributed by atoms with Crippen molar-refractivity contribution >= 4 is 0 Å². The summed E-state index contributed by atoms with van der Waals surface area (Å²) in [7, 11) is 0. The Labute approximate surface area is 169 Å². The third-order valence-electron chi connectivity index (χ3n) is 7.07. The molecule has 28 heavy (non-hydrogen) atoms. The van der Waals surface area contributed by atoms with E-state index in [1.54, 1.807) is 0 Å². The zero-order chi connectivity index (χ0) is 19.3. The summed E-state index contributed by atoms with van der Waals surface area (Å²) in [5.74, 6) is 2.99. The summed E-state index contributed by atoms with van der Waals surface area (Å²) in [6.45, 7) is 7.38. The van der Waals surface area contributed by atoms with Crippen LogP contribution >= 0.6 is 0 Å². The zero-order valence-corrected chi connectivity index (χ0v) is 17.7. The third-order valence-corrected chi connectivity index (χ3v) is 7.07. The molecule has 0 bridgehead atoms. The van der Waals surface area contributed by atoms with Crippen molar-refractivity contribution in [3.8, 4) is 0 Å². The second kappa shape index (κ2) is 9.68. The lowest BCUT2D eigenvalue weighted by atomic mass is 9.80. The van der Waals surface area contributed by atoms with E-state index >= 15 is 0 Å². The number of ether oxygens (including phenoxy) is 2. The van der Waals surface area contributed by atoms with Crippen molar-refractivity contribution in [2.45, 2.75) is 95.9 Å². The molecular weight excluding hydrogens is 352 g/mol. The van der Waals surface area contributed by atoms with E-state index in [9.17, 15) is 0 Å². The highest BCUT2D eigenvalue weighted by atomic mass is 16.5. The molecular formula is C22H38N4O2. The lowest BCUT2D eigenvalue weighted by Crippen LogP contribution is -2.44. The maximum absolute atomic E-state index is 6.38. The van der Waals surface area contributed by atoms with E-state index in [2.05, 4.69) is 24.1 Å². The first-order chi connectivity index (χ1) is 13.7. The van der Waals surface area contributed by atoms with Gasteiger partial charge in [-0.25, -0.2) is 9.67 Å². The van der Waals surface area contributed by atoms with Gasteiger partial charge < -0.3 is 14.8 Å². The largest absolute Gasteiger partial charge is 0.377 e. The average Bonchev–Trinajstić information content (AvgIpc) is 3.23. The molecule has 1 aromatic heterocycles. The molecule has 0 aromatic carbocycles. The Kier molecular flexibility index (Phi) is 7.02. The van der Waals surface area contributed by atoms with Gasteiger partial charge in [0.05, 0.1) is 12.7 Å². The van der Waals surface area contributed by atoms with E-state index in [1.807, 2.05) is 11.0 Å². The smallest absolute Gasteiger partial charge is 0.155 e. The van der Waals surface area contributed by atoms with Crippen LogP contribution in [0.4, 0.5) is 0 Å². The maximum Gasteiger partial charge on any atom is 0.155 e. The number of nitrogens with one attached hydrogen (secondary N) is 1. The molecule has 4 rings (SSSR count). The quantitative estimate of drug-likeness (QED) is 0.794. The highest BCUT2D eigenvalue weighted by Crippen LogP contribution is 2.32. The molecule has 1 aromatic rings. The number of rotatable bonds is 6. The predicted molar refractivity (Wildman–Crippen MR) is 109 cm³/mol. The highest BCUT2D eigenvalue weighted by molar-refractivity contribution is 5.02. The fourth-order valence-electron chi connectivity index (χ4n) is 5.13. The second-order valence-electron chi connectivity index (χ2n) is 9.33. The molecule has 3 fully saturated rings. The Morgan fingerprint density at radius 1 is 1.14 bits per heavy atom. The van der Waals surface area contributed by atoms with Crippen molar-refractivity contribution in [3.05, 3.63) is 12.2 Å². The van der Waals surface area contributed by atoms with Crippen LogP contribution in [0.5, 0.6) is 0 Å². The van der Waals surface area contributed by atoms with Gasteiger partial charge in [-0.1, -0.05) is 13.8 Å². The number of hydrogen-bond donors (Lipinski definition) is 1. The molecule has 0 spiro atoms. The van der Waals surface area contributed by atoms with Crippen LogP contribution in [0.3, 0.4) is 0 Å². The first-order valence-corrected chi connectivity index (χ1v) is 11.6. The summed E-state index contributed by atoms with van der Waals surface area (Å²) < 4.78 is 14.2.